The standard InChI is InChI=1S/C14H27NO2/c1-2-3-10-17-12-8-9-15(11-12)13-6-4-5-7-14(13)16/h12-14,16H,2-11H2,1H3/t12-,13-,14-/m1/s1. The molecule has 1 saturated carbocycles. The van der Waals surface area contributed by atoms with Crippen LogP contribution >= 0.6 is 0 Å². The van der Waals surface area contributed by atoms with E-state index in [0.29, 0.717) is 12.1 Å². The van der Waals surface area contributed by atoms with E-state index in [-0.39, 0.29) is 6.10 Å². The molecule has 1 N–H and O–H groups in total. The molecule has 0 aromatic rings. The SMILES string of the molecule is CCCCO[C@@H]1CCN([C@@H]2CCCC[C@H]2O)C1. The predicted octanol–water partition coefficient (Wildman–Crippen LogP) is 2.18. The Bertz CT molecular complexity index is 222. The first-order valence-corrected chi connectivity index (χ1v) is 7.35. The third-order valence-corrected chi connectivity index (χ3v) is 4.19. The molecule has 0 spiro atoms. The van der Waals surface area contributed by atoms with Crippen molar-refractivity contribution in [2.24, 2.45) is 0 Å². The fourth-order valence-corrected chi connectivity index (χ4v) is 3.10. The molecule has 3 nitrogen and oxygen atoms in total. The highest BCUT2D eigenvalue weighted by Gasteiger charge is 2.33. The van der Waals surface area contributed by atoms with Crippen LogP contribution in [0.25, 0.3) is 0 Å². The van der Waals surface area contributed by atoms with Gasteiger partial charge in [-0.05, 0) is 25.7 Å². The fourth-order valence-electron chi connectivity index (χ4n) is 3.10. The zero-order valence-electron chi connectivity index (χ0n) is 11.1. The van der Waals surface area contributed by atoms with Crippen LogP contribution in [0.1, 0.15) is 51.9 Å². The van der Waals surface area contributed by atoms with Gasteiger partial charge >= 0.3 is 0 Å². The highest BCUT2D eigenvalue weighted by molar-refractivity contribution is 4.88. The van der Waals surface area contributed by atoms with Crippen molar-refractivity contribution in [2.75, 3.05) is 19.7 Å². The van der Waals surface area contributed by atoms with Crippen LogP contribution < -0.4 is 0 Å². The molecule has 0 amide bonds. The van der Waals surface area contributed by atoms with Crippen molar-refractivity contribution in [3.63, 3.8) is 0 Å². The van der Waals surface area contributed by atoms with Gasteiger partial charge in [-0.3, -0.25) is 4.90 Å². The van der Waals surface area contributed by atoms with Gasteiger partial charge in [0.1, 0.15) is 0 Å². The van der Waals surface area contributed by atoms with E-state index in [0.717, 1.165) is 32.5 Å². The molecule has 17 heavy (non-hydrogen) atoms. The Morgan fingerprint density at radius 3 is 2.82 bits per heavy atom. The first-order valence-electron chi connectivity index (χ1n) is 7.35. The molecule has 1 aliphatic carbocycles. The maximum absolute atomic E-state index is 10.0. The number of unbranched alkanes of at least 4 members (excludes halogenated alkanes) is 1. The second-order valence-corrected chi connectivity index (χ2v) is 5.55. The molecule has 0 bridgehead atoms. The van der Waals surface area contributed by atoms with Crippen LogP contribution in [0.4, 0.5) is 0 Å². The van der Waals surface area contributed by atoms with Crippen LogP contribution in [-0.2, 0) is 4.74 Å². The summed E-state index contributed by atoms with van der Waals surface area (Å²) in [6.45, 7) is 5.24. The summed E-state index contributed by atoms with van der Waals surface area (Å²) in [7, 11) is 0. The molecule has 0 aromatic carbocycles. The third-order valence-electron chi connectivity index (χ3n) is 4.19. The molecule has 1 heterocycles. The minimum Gasteiger partial charge on any atom is -0.391 e. The fraction of sp³-hybridized carbons (Fsp3) is 1.00. The summed E-state index contributed by atoms with van der Waals surface area (Å²) in [5.41, 5.74) is 0. The highest BCUT2D eigenvalue weighted by Crippen LogP contribution is 2.26. The Kier molecular flexibility index (Phi) is 5.26. The summed E-state index contributed by atoms with van der Waals surface area (Å²) in [6, 6.07) is 0.406. The number of likely N-dealkylation sites (tertiary alicyclic amines) is 1. The second kappa shape index (κ2) is 6.72. The summed E-state index contributed by atoms with van der Waals surface area (Å²) in [6.07, 6.45) is 8.47. The number of hydrogen-bond acceptors (Lipinski definition) is 3. The van der Waals surface area contributed by atoms with Crippen molar-refractivity contribution in [1.29, 1.82) is 0 Å². The van der Waals surface area contributed by atoms with Crippen molar-refractivity contribution in [2.45, 2.75) is 70.1 Å². The lowest BCUT2D eigenvalue weighted by Gasteiger charge is -2.35. The number of hydrogen-bond donors (Lipinski definition) is 1. The summed E-state index contributed by atoms with van der Waals surface area (Å²) < 4.78 is 5.88. The molecule has 1 saturated heterocycles. The molecule has 0 unspecified atom stereocenters. The van der Waals surface area contributed by atoms with Gasteiger partial charge in [0.05, 0.1) is 12.2 Å². The first kappa shape index (κ1) is 13.3. The molecule has 3 atom stereocenters. The van der Waals surface area contributed by atoms with Gasteiger partial charge in [0, 0.05) is 25.7 Å². The largest absolute Gasteiger partial charge is 0.391 e. The first-order chi connectivity index (χ1) is 8.31. The van der Waals surface area contributed by atoms with Crippen molar-refractivity contribution < 1.29 is 9.84 Å². The lowest BCUT2D eigenvalue weighted by Crippen LogP contribution is -2.44. The molecule has 2 aliphatic rings. The van der Waals surface area contributed by atoms with E-state index in [1.807, 2.05) is 0 Å². The molecular weight excluding hydrogens is 214 g/mol. The molecule has 0 radical (unpaired) electrons. The van der Waals surface area contributed by atoms with Gasteiger partial charge in [-0.2, -0.15) is 0 Å². The zero-order valence-corrected chi connectivity index (χ0v) is 11.1. The van der Waals surface area contributed by atoms with Gasteiger partial charge in [-0.25, -0.2) is 0 Å². The Labute approximate surface area is 105 Å². The minimum atomic E-state index is -0.0989. The van der Waals surface area contributed by atoms with E-state index in [1.54, 1.807) is 0 Å². The minimum absolute atomic E-state index is 0.0989. The molecule has 2 fully saturated rings. The van der Waals surface area contributed by atoms with Gasteiger partial charge < -0.3 is 9.84 Å². The summed E-state index contributed by atoms with van der Waals surface area (Å²) in [4.78, 5) is 2.46. The summed E-state index contributed by atoms with van der Waals surface area (Å²) >= 11 is 0. The van der Waals surface area contributed by atoms with Crippen molar-refractivity contribution in [3.8, 4) is 0 Å². The molecule has 100 valence electrons. The zero-order chi connectivity index (χ0) is 12.1. The molecular formula is C14H27NO2. The van der Waals surface area contributed by atoms with Gasteiger partial charge in [0.15, 0.2) is 0 Å². The maximum atomic E-state index is 10.0. The van der Waals surface area contributed by atoms with Crippen molar-refractivity contribution in [1.82, 2.24) is 4.90 Å². The van der Waals surface area contributed by atoms with E-state index in [2.05, 4.69) is 11.8 Å². The molecule has 2 rings (SSSR count). The Morgan fingerprint density at radius 1 is 1.24 bits per heavy atom. The normalized spacial score (nSPS) is 35.3. The lowest BCUT2D eigenvalue weighted by molar-refractivity contribution is 0.0131. The number of aliphatic hydroxyl groups is 1. The van der Waals surface area contributed by atoms with Crippen LogP contribution in [0.2, 0.25) is 0 Å². The summed E-state index contributed by atoms with van der Waals surface area (Å²) in [5, 5.41) is 10.0. The monoisotopic (exact) mass is 241 g/mol. The smallest absolute Gasteiger partial charge is 0.0714 e. The highest BCUT2D eigenvalue weighted by atomic mass is 16.5. The topological polar surface area (TPSA) is 32.7 Å². The number of aliphatic hydroxyl groups excluding tert-OH is 1. The second-order valence-electron chi connectivity index (χ2n) is 5.55. The predicted molar refractivity (Wildman–Crippen MR) is 69.1 cm³/mol. The molecule has 0 aromatic heterocycles. The number of ether oxygens (including phenoxy) is 1. The quantitative estimate of drug-likeness (QED) is 0.749. The van der Waals surface area contributed by atoms with Crippen molar-refractivity contribution >= 4 is 0 Å². The number of rotatable bonds is 5. The van der Waals surface area contributed by atoms with E-state index >= 15 is 0 Å². The van der Waals surface area contributed by atoms with E-state index in [4.69, 9.17) is 4.74 Å². The van der Waals surface area contributed by atoms with E-state index < -0.39 is 0 Å². The number of nitrogens with zero attached hydrogens (tertiary/aromatic N) is 1. The molecule has 3 heteroatoms. The lowest BCUT2D eigenvalue weighted by atomic mass is 9.91. The van der Waals surface area contributed by atoms with Crippen LogP contribution in [0.5, 0.6) is 0 Å². The van der Waals surface area contributed by atoms with Crippen LogP contribution in [0.15, 0.2) is 0 Å². The van der Waals surface area contributed by atoms with Crippen molar-refractivity contribution in [3.05, 3.63) is 0 Å². The van der Waals surface area contributed by atoms with Crippen LogP contribution in [0, 0.1) is 0 Å². The van der Waals surface area contributed by atoms with Gasteiger partial charge in [0.2, 0.25) is 0 Å². The Hall–Kier alpha value is -0.120. The Morgan fingerprint density at radius 2 is 2.06 bits per heavy atom. The maximum Gasteiger partial charge on any atom is 0.0714 e. The van der Waals surface area contributed by atoms with Gasteiger partial charge in [-0.15, -0.1) is 0 Å². The Balaban J connectivity index is 1.72. The van der Waals surface area contributed by atoms with Gasteiger partial charge in [0.25, 0.3) is 0 Å². The van der Waals surface area contributed by atoms with Crippen LogP contribution in [0.3, 0.4) is 0 Å². The summed E-state index contributed by atoms with van der Waals surface area (Å²) in [5.74, 6) is 0. The van der Waals surface area contributed by atoms with Gasteiger partial charge in [-0.1, -0.05) is 26.2 Å². The van der Waals surface area contributed by atoms with Crippen LogP contribution in [-0.4, -0.2) is 48.0 Å². The third kappa shape index (κ3) is 3.67. The van der Waals surface area contributed by atoms with E-state index in [9.17, 15) is 5.11 Å². The average molecular weight is 241 g/mol. The molecule has 1 aliphatic heterocycles. The van der Waals surface area contributed by atoms with E-state index in [1.165, 1.54) is 32.1 Å². The average Bonchev–Trinajstić information content (AvgIpc) is 2.79.